The summed E-state index contributed by atoms with van der Waals surface area (Å²) >= 11 is 0. The molecule has 22 heavy (non-hydrogen) atoms. The lowest BCUT2D eigenvalue weighted by Gasteiger charge is -2.35. The van der Waals surface area contributed by atoms with Crippen molar-refractivity contribution in [2.45, 2.75) is 32.1 Å². The van der Waals surface area contributed by atoms with Gasteiger partial charge in [0.05, 0.1) is 0 Å². The summed E-state index contributed by atoms with van der Waals surface area (Å²) in [5, 5.41) is 3.11. The van der Waals surface area contributed by atoms with Crippen molar-refractivity contribution in [2.24, 2.45) is 5.92 Å². The number of carbonyl (C=O) groups excluding carboxylic acids is 1. The molecule has 0 bridgehead atoms. The molecule has 0 spiro atoms. The molecule has 1 aliphatic heterocycles. The molecule has 1 aromatic rings. The van der Waals surface area contributed by atoms with Gasteiger partial charge in [0, 0.05) is 45.1 Å². The summed E-state index contributed by atoms with van der Waals surface area (Å²) in [5.74, 6) is 1.43. The standard InChI is InChI=1S/C16H25N5O/c22-16(19-13-14-5-2-1-3-6-14)21-11-9-20(10-12-21)15-17-7-4-8-18-15/h4,7-8,14H,1-3,5-6,9-13H2,(H,19,22). The zero-order valence-corrected chi connectivity index (χ0v) is 13.1. The smallest absolute Gasteiger partial charge is 0.317 e. The fraction of sp³-hybridized carbons (Fsp3) is 0.688. The number of urea groups is 1. The highest BCUT2D eigenvalue weighted by Gasteiger charge is 2.23. The van der Waals surface area contributed by atoms with E-state index in [2.05, 4.69) is 20.2 Å². The van der Waals surface area contributed by atoms with E-state index < -0.39 is 0 Å². The Morgan fingerprint density at radius 3 is 2.45 bits per heavy atom. The van der Waals surface area contributed by atoms with Crippen LogP contribution in [0.25, 0.3) is 0 Å². The van der Waals surface area contributed by atoms with Crippen LogP contribution >= 0.6 is 0 Å². The van der Waals surface area contributed by atoms with Crippen molar-refractivity contribution in [3.05, 3.63) is 18.5 Å². The van der Waals surface area contributed by atoms with Crippen LogP contribution in [0.1, 0.15) is 32.1 Å². The number of nitrogens with one attached hydrogen (secondary N) is 1. The zero-order chi connectivity index (χ0) is 15.2. The minimum absolute atomic E-state index is 0.0826. The van der Waals surface area contributed by atoms with Crippen molar-refractivity contribution in [1.82, 2.24) is 20.2 Å². The molecular formula is C16H25N5O. The van der Waals surface area contributed by atoms with E-state index in [-0.39, 0.29) is 6.03 Å². The predicted octanol–water partition coefficient (Wildman–Crippen LogP) is 1.89. The van der Waals surface area contributed by atoms with Crippen LogP contribution in [-0.4, -0.2) is 53.6 Å². The molecule has 2 heterocycles. The molecule has 1 saturated carbocycles. The molecule has 1 saturated heterocycles. The number of piperazine rings is 1. The first-order valence-corrected chi connectivity index (χ1v) is 8.37. The molecule has 6 heteroatoms. The van der Waals surface area contributed by atoms with Gasteiger partial charge in [0.2, 0.25) is 5.95 Å². The molecule has 0 atom stereocenters. The maximum atomic E-state index is 12.2. The summed E-state index contributed by atoms with van der Waals surface area (Å²) in [6.07, 6.45) is 10.0. The number of amides is 2. The van der Waals surface area contributed by atoms with E-state index in [9.17, 15) is 4.79 Å². The van der Waals surface area contributed by atoms with Crippen LogP contribution < -0.4 is 10.2 Å². The van der Waals surface area contributed by atoms with Gasteiger partial charge in [0.25, 0.3) is 0 Å². The summed E-state index contributed by atoms with van der Waals surface area (Å²) in [7, 11) is 0. The van der Waals surface area contributed by atoms with Gasteiger partial charge in [-0.3, -0.25) is 0 Å². The van der Waals surface area contributed by atoms with Gasteiger partial charge >= 0.3 is 6.03 Å². The highest BCUT2D eigenvalue weighted by atomic mass is 16.2. The van der Waals surface area contributed by atoms with Gasteiger partial charge < -0.3 is 15.1 Å². The lowest BCUT2D eigenvalue weighted by Crippen LogP contribution is -2.52. The molecule has 0 unspecified atom stereocenters. The largest absolute Gasteiger partial charge is 0.338 e. The monoisotopic (exact) mass is 303 g/mol. The third-order valence-electron chi connectivity index (χ3n) is 4.67. The van der Waals surface area contributed by atoms with Crippen molar-refractivity contribution in [1.29, 1.82) is 0 Å². The average molecular weight is 303 g/mol. The summed E-state index contributed by atoms with van der Waals surface area (Å²) in [5.41, 5.74) is 0. The van der Waals surface area contributed by atoms with Gasteiger partial charge in [-0.2, -0.15) is 0 Å². The molecule has 1 aromatic heterocycles. The van der Waals surface area contributed by atoms with E-state index in [1.54, 1.807) is 12.4 Å². The highest BCUT2D eigenvalue weighted by Crippen LogP contribution is 2.22. The van der Waals surface area contributed by atoms with Crippen LogP contribution in [0.3, 0.4) is 0 Å². The maximum Gasteiger partial charge on any atom is 0.317 e. The van der Waals surface area contributed by atoms with Crippen LogP contribution in [0.4, 0.5) is 10.7 Å². The van der Waals surface area contributed by atoms with Gasteiger partial charge in [0.1, 0.15) is 0 Å². The van der Waals surface area contributed by atoms with Crippen molar-refractivity contribution >= 4 is 12.0 Å². The summed E-state index contributed by atoms with van der Waals surface area (Å²) in [6.45, 7) is 3.88. The lowest BCUT2D eigenvalue weighted by atomic mass is 9.89. The topological polar surface area (TPSA) is 61.4 Å². The van der Waals surface area contributed by atoms with Gasteiger partial charge in [-0.15, -0.1) is 0 Å². The van der Waals surface area contributed by atoms with Crippen LogP contribution in [0.2, 0.25) is 0 Å². The molecule has 6 nitrogen and oxygen atoms in total. The van der Waals surface area contributed by atoms with Gasteiger partial charge in [0.15, 0.2) is 0 Å². The van der Waals surface area contributed by atoms with Gasteiger partial charge in [-0.1, -0.05) is 19.3 Å². The Morgan fingerprint density at radius 2 is 1.77 bits per heavy atom. The number of nitrogens with zero attached hydrogens (tertiary/aromatic N) is 4. The highest BCUT2D eigenvalue weighted by molar-refractivity contribution is 5.74. The molecule has 3 rings (SSSR count). The van der Waals surface area contributed by atoms with Crippen LogP contribution in [0, 0.1) is 5.92 Å². The Hall–Kier alpha value is -1.85. The molecule has 1 aliphatic carbocycles. The second-order valence-electron chi connectivity index (χ2n) is 6.21. The van der Waals surface area contributed by atoms with Crippen molar-refractivity contribution in [2.75, 3.05) is 37.6 Å². The number of carbonyl (C=O) groups is 1. The van der Waals surface area contributed by atoms with Crippen LogP contribution in [0.5, 0.6) is 0 Å². The fourth-order valence-electron chi connectivity index (χ4n) is 3.30. The quantitative estimate of drug-likeness (QED) is 0.926. The second kappa shape index (κ2) is 7.42. The number of aromatic nitrogens is 2. The summed E-state index contributed by atoms with van der Waals surface area (Å²) in [4.78, 5) is 24.8. The zero-order valence-electron chi connectivity index (χ0n) is 13.1. The molecule has 0 aromatic carbocycles. The molecule has 2 aliphatic rings. The van der Waals surface area contributed by atoms with E-state index in [4.69, 9.17) is 0 Å². The Kier molecular flexibility index (Phi) is 5.08. The fourth-order valence-corrected chi connectivity index (χ4v) is 3.30. The third-order valence-corrected chi connectivity index (χ3v) is 4.67. The van der Waals surface area contributed by atoms with Crippen LogP contribution in [0.15, 0.2) is 18.5 Å². The molecular weight excluding hydrogens is 278 g/mol. The molecule has 2 amide bonds. The van der Waals surface area contributed by atoms with E-state index in [0.717, 1.165) is 38.7 Å². The van der Waals surface area contributed by atoms with Gasteiger partial charge in [-0.05, 0) is 24.8 Å². The van der Waals surface area contributed by atoms with Crippen LogP contribution in [-0.2, 0) is 0 Å². The SMILES string of the molecule is O=C(NCC1CCCCC1)N1CCN(c2ncccn2)CC1. The Balaban J connectivity index is 1.41. The van der Waals surface area contributed by atoms with E-state index in [1.165, 1.54) is 32.1 Å². The molecule has 1 N–H and O–H groups in total. The molecule has 120 valence electrons. The first-order valence-electron chi connectivity index (χ1n) is 8.37. The normalized spacial score (nSPS) is 20.0. The van der Waals surface area contributed by atoms with Crippen molar-refractivity contribution in [3.8, 4) is 0 Å². The Morgan fingerprint density at radius 1 is 1.09 bits per heavy atom. The van der Waals surface area contributed by atoms with Crippen molar-refractivity contribution in [3.63, 3.8) is 0 Å². The van der Waals surface area contributed by atoms with E-state index in [0.29, 0.717) is 5.92 Å². The van der Waals surface area contributed by atoms with Gasteiger partial charge in [-0.25, -0.2) is 14.8 Å². The Bertz CT molecular complexity index is 467. The number of hydrogen-bond donors (Lipinski definition) is 1. The van der Waals surface area contributed by atoms with E-state index in [1.807, 2.05) is 11.0 Å². The number of hydrogen-bond acceptors (Lipinski definition) is 4. The maximum absolute atomic E-state index is 12.2. The first kappa shape index (κ1) is 15.1. The second-order valence-corrected chi connectivity index (χ2v) is 6.21. The minimum atomic E-state index is 0.0826. The van der Waals surface area contributed by atoms with E-state index >= 15 is 0 Å². The minimum Gasteiger partial charge on any atom is -0.338 e. The average Bonchev–Trinajstić information content (AvgIpc) is 2.61. The number of anilines is 1. The molecule has 0 radical (unpaired) electrons. The van der Waals surface area contributed by atoms with Crippen molar-refractivity contribution < 1.29 is 4.79 Å². The summed E-state index contributed by atoms with van der Waals surface area (Å²) in [6, 6.07) is 1.90. The molecule has 2 fully saturated rings. The number of rotatable bonds is 3. The summed E-state index contributed by atoms with van der Waals surface area (Å²) < 4.78 is 0. The lowest BCUT2D eigenvalue weighted by molar-refractivity contribution is 0.190. The Labute approximate surface area is 131 Å². The predicted molar refractivity (Wildman–Crippen MR) is 85.8 cm³/mol. The first-order chi connectivity index (χ1) is 10.8. The third kappa shape index (κ3) is 3.87.